The van der Waals surface area contributed by atoms with Gasteiger partial charge in [-0.3, -0.25) is 15.0 Å². The number of likely N-dealkylation sites (N-methyl/N-ethyl adjacent to an activating group) is 1. The standard InChI is InChI=1S/C12H20N4O3/c1-2-16(6-3-7-17)8-10(18)13-12-15-14-11(19-12)9-4-5-9/h9,17H,2-8H2,1H3,(H,13,15,18). The molecule has 7 nitrogen and oxygen atoms in total. The molecule has 0 saturated heterocycles. The lowest BCUT2D eigenvalue weighted by molar-refractivity contribution is -0.117. The normalized spacial score (nSPS) is 14.9. The van der Waals surface area contributed by atoms with Crippen LogP contribution in [0.25, 0.3) is 0 Å². The van der Waals surface area contributed by atoms with Gasteiger partial charge >= 0.3 is 6.01 Å². The van der Waals surface area contributed by atoms with E-state index in [1.807, 2.05) is 11.8 Å². The first kappa shape index (κ1) is 14.0. The average Bonchev–Trinajstić information content (AvgIpc) is 3.15. The molecular formula is C12H20N4O3. The molecule has 1 aliphatic carbocycles. The van der Waals surface area contributed by atoms with E-state index in [1.54, 1.807) is 0 Å². The summed E-state index contributed by atoms with van der Waals surface area (Å²) in [6, 6.07) is 0.171. The minimum Gasteiger partial charge on any atom is -0.408 e. The quantitative estimate of drug-likeness (QED) is 0.717. The number of carbonyl (C=O) groups excluding carboxylic acids is 1. The third kappa shape index (κ3) is 4.29. The van der Waals surface area contributed by atoms with Gasteiger partial charge in [0.2, 0.25) is 11.8 Å². The van der Waals surface area contributed by atoms with Crippen molar-refractivity contribution < 1.29 is 14.3 Å². The van der Waals surface area contributed by atoms with Crippen LogP contribution in [0.2, 0.25) is 0 Å². The zero-order valence-electron chi connectivity index (χ0n) is 11.1. The minimum absolute atomic E-state index is 0.131. The van der Waals surface area contributed by atoms with Crippen molar-refractivity contribution in [3.8, 4) is 0 Å². The van der Waals surface area contributed by atoms with Gasteiger partial charge < -0.3 is 9.52 Å². The van der Waals surface area contributed by atoms with Crippen LogP contribution in [0, 0.1) is 0 Å². The summed E-state index contributed by atoms with van der Waals surface area (Å²) in [6.45, 7) is 3.81. The fourth-order valence-electron chi connectivity index (χ4n) is 1.79. The smallest absolute Gasteiger partial charge is 0.322 e. The Kier molecular flexibility index (Phi) is 4.86. The number of hydrogen-bond acceptors (Lipinski definition) is 6. The maximum absolute atomic E-state index is 11.8. The van der Waals surface area contributed by atoms with Crippen LogP contribution in [0.5, 0.6) is 0 Å². The first-order valence-electron chi connectivity index (χ1n) is 6.69. The van der Waals surface area contributed by atoms with Crippen LogP contribution in [0.3, 0.4) is 0 Å². The molecule has 1 fully saturated rings. The van der Waals surface area contributed by atoms with Crippen LogP contribution in [0.4, 0.5) is 6.01 Å². The van der Waals surface area contributed by atoms with Gasteiger partial charge in [0, 0.05) is 19.1 Å². The number of aliphatic hydroxyl groups is 1. The Bertz CT molecular complexity index is 417. The number of amides is 1. The van der Waals surface area contributed by atoms with Crippen LogP contribution in [0.1, 0.15) is 38.0 Å². The fraction of sp³-hybridized carbons (Fsp3) is 0.750. The van der Waals surface area contributed by atoms with Crippen molar-refractivity contribution in [1.29, 1.82) is 0 Å². The van der Waals surface area contributed by atoms with Crippen LogP contribution < -0.4 is 5.32 Å². The van der Waals surface area contributed by atoms with Crippen LogP contribution in [-0.2, 0) is 4.79 Å². The highest BCUT2D eigenvalue weighted by molar-refractivity contribution is 5.90. The first-order valence-corrected chi connectivity index (χ1v) is 6.69. The second-order valence-electron chi connectivity index (χ2n) is 4.71. The molecule has 0 aliphatic heterocycles. The Hall–Kier alpha value is -1.47. The molecule has 7 heteroatoms. The minimum atomic E-state index is -0.175. The molecule has 106 valence electrons. The predicted molar refractivity (Wildman–Crippen MR) is 68.7 cm³/mol. The zero-order valence-corrected chi connectivity index (χ0v) is 11.1. The van der Waals surface area contributed by atoms with Crippen molar-refractivity contribution in [2.45, 2.75) is 32.1 Å². The van der Waals surface area contributed by atoms with E-state index in [9.17, 15) is 4.79 Å². The lowest BCUT2D eigenvalue weighted by Gasteiger charge is -2.18. The predicted octanol–water partition coefficient (Wildman–Crippen LogP) is 0.590. The van der Waals surface area contributed by atoms with Crippen LogP contribution >= 0.6 is 0 Å². The number of nitrogens with zero attached hydrogens (tertiary/aromatic N) is 3. The second-order valence-corrected chi connectivity index (χ2v) is 4.71. The average molecular weight is 268 g/mol. The molecule has 1 aromatic rings. The summed E-state index contributed by atoms with van der Waals surface area (Å²) in [5.74, 6) is 0.823. The van der Waals surface area contributed by atoms with Gasteiger partial charge in [-0.25, -0.2) is 0 Å². The summed E-state index contributed by atoms with van der Waals surface area (Å²) in [5.41, 5.74) is 0. The highest BCUT2D eigenvalue weighted by atomic mass is 16.4. The molecule has 19 heavy (non-hydrogen) atoms. The topological polar surface area (TPSA) is 91.5 Å². The molecule has 1 amide bonds. The lowest BCUT2D eigenvalue weighted by atomic mass is 10.3. The number of anilines is 1. The summed E-state index contributed by atoms with van der Waals surface area (Å²) >= 11 is 0. The Morgan fingerprint density at radius 1 is 1.53 bits per heavy atom. The zero-order chi connectivity index (χ0) is 13.7. The Labute approximate surface area is 112 Å². The Morgan fingerprint density at radius 3 is 2.95 bits per heavy atom. The molecule has 0 aromatic carbocycles. The van der Waals surface area contributed by atoms with Crippen molar-refractivity contribution in [2.24, 2.45) is 0 Å². The van der Waals surface area contributed by atoms with Gasteiger partial charge in [-0.15, -0.1) is 5.10 Å². The van der Waals surface area contributed by atoms with E-state index in [1.165, 1.54) is 0 Å². The van der Waals surface area contributed by atoms with E-state index in [2.05, 4.69) is 15.5 Å². The third-order valence-corrected chi connectivity index (χ3v) is 3.06. The number of aliphatic hydroxyl groups excluding tert-OH is 1. The van der Waals surface area contributed by atoms with Crippen LogP contribution in [-0.4, -0.2) is 52.4 Å². The second kappa shape index (κ2) is 6.63. The molecule has 0 unspecified atom stereocenters. The van der Waals surface area contributed by atoms with E-state index in [0.29, 0.717) is 24.8 Å². The molecule has 0 bridgehead atoms. The number of hydrogen-bond donors (Lipinski definition) is 2. The van der Waals surface area contributed by atoms with E-state index in [0.717, 1.165) is 19.4 Å². The number of rotatable bonds is 8. The maximum Gasteiger partial charge on any atom is 0.322 e. The van der Waals surface area contributed by atoms with Gasteiger partial charge in [0.1, 0.15) is 0 Å². The SMILES string of the molecule is CCN(CCCO)CC(=O)Nc1nnc(C2CC2)o1. The molecular weight excluding hydrogens is 248 g/mol. The largest absolute Gasteiger partial charge is 0.408 e. The summed E-state index contributed by atoms with van der Waals surface area (Å²) in [6.07, 6.45) is 2.83. The number of aromatic nitrogens is 2. The molecule has 0 radical (unpaired) electrons. The molecule has 1 aromatic heterocycles. The van der Waals surface area contributed by atoms with Gasteiger partial charge in [0.15, 0.2) is 0 Å². The Balaban J connectivity index is 1.78. The van der Waals surface area contributed by atoms with Crippen molar-refractivity contribution >= 4 is 11.9 Å². The fourth-order valence-corrected chi connectivity index (χ4v) is 1.79. The highest BCUT2D eigenvalue weighted by Crippen LogP contribution is 2.39. The number of nitrogens with one attached hydrogen (secondary N) is 1. The van der Waals surface area contributed by atoms with Gasteiger partial charge in [-0.2, -0.15) is 0 Å². The Morgan fingerprint density at radius 2 is 2.32 bits per heavy atom. The summed E-state index contributed by atoms with van der Waals surface area (Å²) < 4.78 is 5.36. The molecule has 0 spiro atoms. The lowest BCUT2D eigenvalue weighted by Crippen LogP contribution is -2.34. The maximum atomic E-state index is 11.8. The molecule has 1 saturated carbocycles. The molecule has 1 heterocycles. The van der Waals surface area contributed by atoms with Gasteiger partial charge in [-0.05, 0) is 25.8 Å². The van der Waals surface area contributed by atoms with Crippen molar-refractivity contribution in [2.75, 3.05) is 31.6 Å². The van der Waals surface area contributed by atoms with Gasteiger partial charge in [0.05, 0.1) is 6.54 Å². The summed E-state index contributed by atoms with van der Waals surface area (Å²) in [5, 5.41) is 19.1. The van der Waals surface area contributed by atoms with Gasteiger partial charge in [-0.1, -0.05) is 12.0 Å². The van der Waals surface area contributed by atoms with Crippen molar-refractivity contribution in [1.82, 2.24) is 15.1 Å². The van der Waals surface area contributed by atoms with Crippen LogP contribution in [0.15, 0.2) is 4.42 Å². The van der Waals surface area contributed by atoms with Gasteiger partial charge in [0.25, 0.3) is 0 Å². The summed E-state index contributed by atoms with van der Waals surface area (Å²) in [4.78, 5) is 13.7. The highest BCUT2D eigenvalue weighted by Gasteiger charge is 2.29. The molecule has 0 atom stereocenters. The first-order chi connectivity index (χ1) is 9.22. The monoisotopic (exact) mass is 268 g/mol. The summed E-state index contributed by atoms with van der Waals surface area (Å²) in [7, 11) is 0. The van der Waals surface area contributed by atoms with E-state index in [-0.39, 0.29) is 25.1 Å². The number of carbonyl (C=O) groups is 1. The molecule has 2 rings (SSSR count). The van der Waals surface area contributed by atoms with Crippen molar-refractivity contribution in [3.05, 3.63) is 5.89 Å². The molecule has 1 aliphatic rings. The van der Waals surface area contributed by atoms with E-state index < -0.39 is 0 Å². The third-order valence-electron chi connectivity index (χ3n) is 3.06. The molecule has 2 N–H and O–H groups in total. The van der Waals surface area contributed by atoms with E-state index >= 15 is 0 Å². The van der Waals surface area contributed by atoms with Crippen molar-refractivity contribution in [3.63, 3.8) is 0 Å². The van der Waals surface area contributed by atoms with E-state index in [4.69, 9.17) is 9.52 Å².